The largest absolute Gasteiger partial charge is 0.494 e. The van der Waals surface area contributed by atoms with Crippen molar-refractivity contribution >= 4 is 37.5 Å². The second-order valence-electron chi connectivity index (χ2n) is 8.31. The molecule has 10 heteroatoms. The topological polar surface area (TPSA) is 92.7 Å². The summed E-state index contributed by atoms with van der Waals surface area (Å²) < 4.78 is 14.3. The van der Waals surface area contributed by atoms with Crippen LogP contribution in [-0.2, 0) is 6.54 Å². The van der Waals surface area contributed by atoms with Crippen LogP contribution in [0.1, 0.15) is 0 Å². The average molecular weight is 466 g/mol. The first-order valence-corrected chi connectivity index (χ1v) is 11.7. The quantitative estimate of drug-likeness (QED) is 0.492. The van der Waals surface area contributed by atoms with Gasteiger partial charge in [-0.25, -0.2) is 4.79 Å². The fourth-order valence-electron chi connectivity index (χ4n) is 4.84. The molecule has 0 spiro atoms. The summed E-state index contributed by atoms with van der Waals surface area (Å²) in [5.74, 6) is 1.66. The van der Waals surface area contributed by atoms with Crippen LogP contribution in [0.3, 0.4) is 0 Å². The molecule has 1 saturated heterocycles. The van der Waals surface area contributed by atoms with E-state index in [2.05, 4.69) is 19.8 Å². The molecule has 1 atom stereocenters. The predicted molar refractivity (Wildman–Crippen MR) is 128 cm³/mol. The molecule has 4 aromatic rings. The van der Waals surface area contributed by atoms with Gasteiger partial charge in [0.15, 0.2) is 0 Å². The molecule has 0 aliphatic carbocycles. The molecule has 6 rings (SSSR count). The highest BCUT2D eigenvalue weighted by atomic mass is 32.1. The van der Waals surface area contributed by atoms with Crippen LogP contribution in [0.25, 0.3) is 20.4 Å². The standard InChI is InChI=1S/C23H23N5O4S/c1-31-15-4-2-5-16-20(15)27-10-8-26(12-14(27)13-32-16)9-11-28-22(29)21-19(25-23(28)30)18-17(33-21)6-3-7-24-18/h2-7,14H,8-13H2,1H3,(H,25,30). The summed E-state index contributed by atoms with van der Waals surface area (Å²) in [7, 11) is 1.67. The van der Waals surface area contributed by atoms with Gasteiger partial charge in [0, 0.05) is 38.9 Å². The van der Waals surface area contributed by atoms with Crippen molar-refractivity contribution < 1.29 is 9.47 Å². The minimum atomic E-state index is -0.392. The van der Waals surface area contributed by atoms with E-state index in [4.69, 9.17) is 9.47 Å². The van der Waals surface area contributed by atoms with Crippen LogP contribution in [0, 0.1) is 0 Å². The van der Waals surface area contributed by atoms with E-state index in [-0.39, 0.29) is 11.6 Å². The van der Waals surface area contributed by atoms with E-state index in [9.17, 15) is 9.59 Å². The van der Waals surface area contributed by atoms with E-state index in [1.165, 1.54) is 15.9 Å². The number of anilines is 1. The molecule has 1 unspecified atom stereocenters. The maximum Gasteiger partial charge on any atom is 0.328 e. The van der Waals surface area contributed by atoms with E-state index in [1.54, 1.807) is 13.3 Å². The van der Waals surface area contributed by atoms with Gasteiger partial charge in [0.2, 0.25) is 0 Å². The highest BCUT2D eigenvalue weighted by Crippen LogP contribution is 2.42. The van der Waals surface area contributed by atoms with E-state index < -0.39 is 5.69 Å². The molecule has 9 nitrogen and oxygen atoms in total. The molecule has 170 valence electrons. The highest BCUT2D eigenvalue weighted by molar-refractivity contribution is 7.25. The Morgan fingerprint density at radius 2 is 2.12 bits per heavy atom. The second-order valence-corrected chi connectivity index (χ2v) is 9.36. The van der Waals surface area contributed by atoms with Crippen molar-refractivity contribution in [3.05, 3.63) is 57.4 Å². The summed E-state index contributed by atoms with van der Waals surface area (Å²) in [6.07, 6.45) is 1.67. The van der Waals surface area contributed by atoms with E-state index in [0.29, 0.717) is 35.4 Å². The molecule has 0 amide bonds. The minimum absolute atomic E-state index is 0.189. The number of pyridine rings is 1. The van der Waals surface area contributed by atoms with Gasteiger partial charge in [-0.05, 0) is 24.3 Å². The molecule has 2 aliphatic rings. The third kappa shape index (κ3) is 3.28. The molecule has 0 radical (unpaired) electrons. The maximum absolute atomic E-state index is 13.1. The van der Waals surface area contributed by atoms with Crippen molar-refractivity contribution in [3.63, 3.8) is 0 Å². The van der Waals surface area contributed by atoms with E-state index in [1.807, 2.05) is 30.3 Å². The Morgan fingerprint density at radius 1 is 1.21 bits per heavy atom. The number of hydrogen-bond acceptors (Lipinski definition) is 8. The van der Waals surface area contributed by atoms with Gasteiger partial charge in [-0.1, -0.05) is 6.07 Å². The summed E-state index contributed by atoms with van der Waals surface area (Å²) >= 11 is 1.37. The van der Waals surface area contributed by atoms with Crippen molar-refractivity contribution in [1.82, 2.24) is 19.4 Å². The number of H-pyrrole nitrogens is 1. The van der Waals surface area contributed by atoms with Crippen LogP contribution in [0.4, 0.5) is 5.69 Å². The van der Waals surface area contributed by atoms with Crippen LogP contribution >= 0.6 is 11.3 Å². The third-order valence-electron chi connectivity index (χ3n) is 6.47. The smallest absolute Gasteiger partial charge is 0.328 e. The number of benzene rings is 1. The summed E-state index contributed by atoms with van der Waals surface area (Å²) in [4.78, 5) is 37.7. The highest BCUT2D eigenvalue weighted by Gasteiger charge is 2.34. The molecule has 1 aromatic carbocycles. The molecule has 2 aliphatic heterocycles. The Labute approximate surface area is 192 Å². The monoisotopic (exact) mass is 465 g/mol. The lowest BCUT2D eigenvalue weighted by atomic mass is 10.1. The number of aromatic amines is 1. The number of methoxy groups -OCH3 is 1. The van der Waals surface area contributed by atoms with Crippen molar-refractivity contribution in [3.8, 4) is 11.5 Å². The van der Waals surface area contributed by atoms with Gasteiger partial charge in [0.25, 0.3) is 5.56 Å². The van der Waals surface area contributed by atoms with Crippen LogP contribution in [0.5, 0.6) is 11.5 Å². The van der Waals surface area contributed by atoms with Crippen molar-refractivity contribution in [1.29, 1.82) is 0 Å². The number of fused-ring (bicyclic) bond motifs is 6. The minimum Gasteiger partial charge on any atom is -0.494 e. The zero-order valence-corrected chi connectivity index (χ0v) is 18.9. The van der Waals surface area contributed by atoms with Crippen LogP contribution in [-0.4, -0.2) is 65.4 Å². The number of hydrogen-bond donors (Lipinski definition) is 1. The summed E-state index contributed by atoms with van der Waals surface area (Å²) in [5.41, 5.74) is 1.56. The maximum atomic E-state index is 13.1. The lowest BCUT2D eigenvalue weighted by Crippen LogP contribution is -2.58. The first-order valence-electron chi connectivity index (χ1n) is 10.9. The molecule has 1 N–H and O–H groups in total. The van der Waals surface area contributed by atoms with Gasteiger partial charge < -0.3 is 19.4 Å². The summed E-state index contributed by atoms with van der Waals surface area (Å²) in [5, 5.41) is 0. The van der Waals surface area contributed by atoms with Gasteiger partial charge in [-0.15, -0.1) is 11.3 Å². The number of thiophene rings is 1. The predicted octanol–water partition coefficient (Wildman–Crippen LogP) is 1.89. The zero-order valence-electron chi connectivity index (χ0n) is 18.1. The van der Waals surface area contributed by atoms with Gasteiger partial charge in [-0.2, -0.15) is 0 Å². The third-order valence-corrected chi connectivity index (χ3v) is 7.60. The fraction of sp³-hybridized carbons (Fsp3) is 0.348. The lowest BCUT2D eigenvalue weighted by Gasteiger charge is -2.45. The number of ether oxygens (including phenoxy) is 2. The van der Waals surface area contributed by atoms with E-state index >= 15 is 0 Å². The summed E-state index contributed by atoms with van der Waals surface area (Å²) in [6.45, 7) is 3.99. The van der Waals surface area contributed by atoms with Crippen LogP contribution < -0.4 is 25.6 Å². The first kappa shape index (κ1) is 20.3. The van der Waals surface area contributed by atoms with Gasteiger partial charge >= 0.3 is 5.69 Å². The first-order chi connectivity index (χ1) is 16.1. The average Bonchev–Trinajstić information content (AvgIpc) is 3.22. The Morgan fingerprint density at radius 3 is 3.00 bits per heavy atom. The van der Waals surface area contributed by atoms with Crippen molar-refractivity contribution in [2.75, 3.05) is 44.8 Å². The molecule has 33 heavy (non-hydrogen) atoms. The van der Waals surface area contributed by atoms with Crippen molar-refractivity contribution in [2.24, 2.45) is 0 Å². The van der Waals surface area contributed by atoms with Gasteiger partial charge in [0.05, 0.1) is 23.4 Å². The normalized spacial score (nSPS) is 18.2. The number of nitrogens with zero attached hydrogens (tertiary/aromatic N) is 4. The SMILES string of the molecule is COc1cccc2c1N1CCN(CCn3c(=O)[nH]c4c(sc5cccnc54)c3=O)CC1CO2. The fourth-order valence-corrected chi connectivity index (χ4v) is 5.91. The molecule has 5 heterocycles. The zero-order chi connectivity index (χ0) is 22.5. The molecule has 3 aromatic heterocycles. The number of rotatable bonds is 4. The molecule has 0 bridgehead atoms. The number of piperazine rings is 1. The van der Waals surface area contributed by atoms with Gasteiger partial charge in [0.1, 0.15) is 34.0 Å². The second kappa shape index (κ2) is 7.89. The molecular weight excluding hydrogens is 442 g/mol. The molecular formula is C23H23N5O4S. The van der Waals surface area contributed by atoms with Crippen LogP contribution in [0.2, 0.25) is 0 Å². The van der Waals surface area contributed by atoms with E-state index in [0.717, 1.165) is 41.5 Å². The van der Waals surface area contributed by atoms with Gasteiger partial charge in [-0.3, -0.25) is 19.2 Å². The molecule has 0 saturated carbocycles. The Kier molecular flexibility index (Phi) is 4.84. The lowest BCUT2D eigenvalue weighted by molar-refractivity contribution is 0.161. The number of para-hydroxylation sites is 1. The molecule has 1 fully saturated rings. The number of nitrogens with one attached hydrogen (secondary N) is 1. The van der Waals surface area contributed by atoms with Crippen LogP contribution in [0.15, 0.2) is 46.1 Å². The Bertz CT molecular complexity index is 1460. The Balaban J connectivity index is 1.22. The Hall–Kier alpha value is -3.37. The number of aromatic nitrogens is 3. The van der Waals surface area contributed by atoms with Crippen molar-refractivity contribution in [2.45, 2.75) is 12.6 Å². The summed E-state index contributed by atoms with van der Waals surface area (Å²) in [6, 6.07) is 9.79.